The average Bonchev–Trinajstić information content (AvgIpc) is 3.15. The van der Waals surface area contributed by atoms with Crippen LogP contribution in [0.25, 0.3) is 0 Å². The largest absolute Gasteiger partial charge is 0.507 e. The van der Waals surface area contributed by atoms with Crippen molar-refractivity contribution in [3.63, 3.8) is 0 Å². The zero-order valence-corrected chi connectivity index (χ0v) is 31.7. The second-order valence-corrected chi connectivity index (χ2v) is 13.6. The molecule has 1 atom stereocenters. The molecular formula is C43H56O9. The van der Waals surface area contributed by atoms with Gasteiger partial charge in [0.1, 0.15) is 17.2 Å². The Labute approximate surface area is 308 Å². The number of phenolic OH excluding ortho intramolecular Hbond substituents is 2. The Bertz CT molecular complexity index is 1700. The maximum atomic E-state index is 11.3. The van der Waals surface area contributed by atoms with Gasteiger partial charge >= 0.3 is 0 Å². The zero-order valence-electron chi connectivity index (χ0n) is 31.7. The van der Waals surface area contributed by atoms with Crippen molar-refractivity contribution >= 4 is 0 Å². The summed E-state index contributed by atoms with van der Waals surface area (Å²) in [6.45, 7) is 16.1. The lowest BCUT2D eigenvalue weighted by molar-refractivity contribution is 0.125. The second kappa shape index (κ2) is 18.2. The summed E-state index contributed by atoms with van der Waals surface area (Å²) in [5, 5.41) is 53.6. The van der Waals surface area contributed by atoms with Gasteiger partial charge in [0, 0.05) is 70.6 Å². The molecule has 4 rings (SSSR count). The van der Waals surface area contributed by atoms with E-state index in [9.17, 15) is 25.5 Å². The van der Waals surface area contributed by atoms with Gasteiger partial charge in [0.25, 0.3) is 0 Å². The number of benzene rings is 4. The van der Waals surface area contributed by atoms with E-state index in [0.717, 1.165) is 27.8 Å². The molecule has 52 heavy (non-hydrogen) atoms. The summed E-state index contributed by atoms with van der Waals surface area (Å²) >= 11 is 0. The van der Waals surface area contributed by atoms with Crippen LogP contribution in [0.3, 0.4) is 0 Å². The highest BCUT2D eigenvalue weighted by Crippen LogP contribution is 2.45. The van der Waals surface area contributed by atoms with Gasteiger partial charge in [0.05, 0.1) is 39.6 Å². The third kappa shape index (κ3) is 8.63. The van der Waals surface area contributed by atoms with E-state index in [1.165, 1.54) is 0 Å². The predicted octanol–water partition coefficient (Wildman–Crippen LogP) is 7.61. The number of aliphatic hydroxyl groups is 2. The quantitative estimate of drug-likeness (QED) is 0.0621. The Morgan fingerprint density at radius 1 is 0.423 bits per heavy atom. The van der Waals surface area contributed by atoms with Crippen LogP contribution in [-0.4, -0.2) is 52.0 Å². The standard InChI is InChI=1S/C43H56O9/c1-8-49-24-30-18-36(19-31(40(30)47)25-50-9-2)42(5,6)34-12-14-35(15-13-34)43(7,37-16-28(22-44)39(46)29(17-37)23-45)38-20-32(26-51-10-3)41(48)33(21-38)27-52-11-4/h12-21,44-48H,8-11,22-27H2,1-7H3. The first-order valence-electron chi connectivity index (χ1n) is 18.1. The van der Waals surface area contributed by atoms with Crippen molar-refractivity contribution < 1.29 is 44.5 Å². The molecule has 0 aliphatic heterocycles. The Balaban J connectivity index is 1.94. The van der Waals surface area contributed by atoms with Crippen LogP contribution < -0.4 is 0 Å². The number of rotatable bonds is 19. The number of aliphatic hydroxyl groups excluding tert-OH is 2. The third-order valence-electron chi connectivity index (χ3n) is 10.1. The summed E-state index contributed by atoms with van der Waals surface area (Å²) in [6.07, 6.45) is 0. The van der Waals surface area contributed by atoms with Gasteiger partial charge in [-0.25, -0.2) is 0 Å². The summed E-state index contributed by atoms with van der Waals surface area (Å²) in [6, 6.07) is 19.7. The summed E-state index contributed by atoms with van der Waals surface area (Å²) < 4.78 is 22.9. The van der Waals surface area contributed by atoms with E-state index < -0.39 is 24.0 Å². The van der Waals surface area contributed by atoms with E-state index >= 15 is 0 Å². The molecule has 0 aliphatic carbocycles. The van der Waals surface area contributed by atoms with Crippen LogP contribution in [0, 0.1) is 0 Å². The molecule has 1 unspecified atom stereocenters. The Kier molecular flexibility index (Phi) is 14.3. The van der Waals surface area contributed by atoms with E-state index in [4.69, 9.17) is 18.9 Å². The molecule has 0 aliphatic rings. The molecule has 0 spiro atoms. The Morgan fingerprint density at radius 2 is 0.712 bits per heavy atom. The van der Waals surface area contributed by atoms with E-state index in [-0.39, 0.29) is 43.7 Å². The highest BCUT2D eigenvalue weighted by Gasteiger charge is 2.35. The van der Waals surface area contributed by atoms with Gasteiger partial charge in [-0.15, -0.1) is 0 Å². The monoisotopic (exact) mass is 716 g/mol. The average molecular weight is 717 g/mol. The van der Waals surface area contributed by atoms with Gasteiger partial charge < -0.3 is 44.5 Å². The summed E-state index contributed by atoms with van der Waals surface area (Å²) in [7, 11) is 0. The van der Waals surface area contributed by atoms with Crippen LogP contribution in [0.5, 0.6) is 17.2 Å². The molecule has 0 heterocycles. The predicted molar refractivity (Wildman–Crippen MR) is 202 cm³/mol. The molecule has 5 N–H and O–H groups in total. The zero-order chi connectivity index (χ0) is 38.1. The van der Waals surface area contributed by atoms with Crippen LogP contribution in [-0.2, 0) is 69.4 Å². The van der Waals surface area contributed by atoms with Gasteiger partial charge in [-0.05, 0) is 98.8 Å². The van der Waals surface area contributed by atoms with Gasteiger partial charge in [0.15, 0.2) is 0 Å². The van der Waals surface area contributed by atoms with Crippen LogP contribution in [0.1, 0.15) is 110 Å². The first-order chi connectivity index (χ1) is 24.9. The number of phenols is 3. The SMILES string of the molecule is CCOCc1cc(C(C)(C)c2ccc(C(C)(c3cc(CO)c(O)c(CO)c3)c3cc(COCC)c(O)c(COCC)c3)cc2)cc(COCC)c1O. The summed E-state index contributed by atoms with van der Waals surface area (Å²) in [5.74, 6) is 0.158. The molecule has 0 fully saturated rings. The van der Waals surface area contributed by atoms with Crippen LogP contribution >= 0.6 is 0 Å². The number of hydrogen-bond donors (Lipinski definition) is 5. The Morgan fingerprint density at radius 3 is 1.04 bits per heavy atom. The molecule has 4 aromatic rings. The normalized spacial score (nSPS) is 13.0. The molecule has 0 saturated carbocycles. The molecule has 282 valence electrons. The van der Waals surface area contributed by atoms with Crippen molar-refractivity contribution in [3.8, 4) is 17.2 Å². The van der Waals surface area contributed by atoms with Crippen LogP contribution in [0.4, 0.5) is 0 Å². The molecule has 4 aromatic carbocycles. The minimum atomic E-state index is -0.895. The van der Waals surface area contributed by atoms with E-state index in [1.807, 2.05) is 52.0 Å². The highest BCUT2D eigenvalue weighted by molar-refractivity contribution is 5.58. The van der Waals surface area contributed by atoms with E-state index in [0.29, 0.717) is 59.8 Å². The fraction of sp³-hybridized carbons (Fsp3) is 0.442. The van der Waals surface area contributed by atoms with Gasteiger partial charge in [0.2, 0.25) is 0 Å². The second-order valence-electron chi connectivity index (χ2n) is 13.6. The Hall–Kier alpha value is -3.96. The lowest BCUT2D eigenvalue weighted by atomic mass is 9.68. The lowest BCUT2D eigenvalue weighted by Gasteiger charge is -2.35. The molecule has 9 heteroatoms. The molecule has 0 saturated heterocycles. The maximum Gasteiger partial charge on any atom is 0.126 e. The molecule has 0 aromatic heterocycles. The summed E-state index contributed by atoms with van der Waals surface area (Å²) in [4.78, 5) is 0. The van der Waals surface area contributed by atoms with Gasteiger partial charge in [-0.1, -0.05) is 38.1 Å². The molecule has 0 amide bonds. The first kappa shape index (κ1) is 40.8. The number of ether oxygens (including phenoxy) is 4. The van der Waals surface area contributed by atoms with E-state index in [2.05, 4.69) is 45.0 Å². The summed E-state index contributed by atoms with van der Waals surface area (Å²) in [5.41, 5.74) is 6.36. The van der Waals surface area contributed by atoms with Crippen molar-refractivity contribution in [2.45, 2.75) is 98.9 Å². The van der Waals surface area contributed by atoms with Crippen molar-refractivity contribution in [1.29, 1.82) is 0 Å². The van der Waals surface area contributed by atoms with Crippen LogP contribution in [0.2, 0.25) is 0 Å². The minimum Gasteiger partial charge on any atom is -0.507 e. The third-order valence-corrected chi connectivity index (χ3v) is 10.1. The lowest BCUT2D eigenvalue weighted by Crippen LogP contribution is -2.27. The maximum absolute atomic E-state index is 11.3. The first-order valence-corrected chi connectivity index (χ1v) is 18.1. The fourth-order valence-electron chi connectivity index (χ4n) is 6.63. The highest BCUT2D eigenvalue weighted by atomic mass is 16.5. The van der Waals surface area contributed by atoms with Crippen molar-refractivity contribution in [1.82, 2.24) is 0 Å². The molecule has 0 radical (unpaired) electrons. The molecule has 0 bridgehead atoms. The van der Waals surface area contributed by atoms with Crippen molar-refractivity contribution in [2.24, 2.45) is 0 Å². The molecule has 9 nitrogen and oxygen atoms in total. The smallest absolute Gasteiger partial charge is 0.126 e. The number of aromatic hydroxyl groups is 3. The minimum absolute atomic E-state index is 0.115. The van der Waals surface area contributed by atoms with Crippen molar-refractivity contribution in [3.05, 3.63) is 122 Å². The number of hydrogen-bond acceptors (Lipinski definition) is 9. The van der Waals surface area contributed by atoms with E-state index in [1.54, 1.807) is 12.1 Å². The van der Waals surface area contributed by atoms with Gasteiger partial charge in [-0.2, -0.15) is 0 Å². The molecular weight excluding hydrogens is 660 g/mol. The van der Waals surface area contributed by atoms with Crippen LogP contribution in [0.15, 0.2) is 60.7 Å². The topological polar surface area (TPSA) is 138 Å². The van der Waals surface area contributed by atoms with Gasteiger partial charge in [-0.3, -0.25) is 0 Å². The fourth-order valence-corrected chi connectivity index (χ4v) is 6.63. The van der Waals surface area contributed by atoms with Crippen molar-refractivity contribution in [2.75, 3.05) is 26.4 Å².